The first kappa shape index (κ1) is 41.6. The van der Waals surface area contributed by atoms with Gasteiger partial charge >= 0.3 is 89.0 Å². The molecule has 8 nitrogen and oxygen atoms in total. The molecule has 9 heteroatoms. The second kappa shape index (κ2) is 25.9. The third kappa shape index (κ3) is 21.9. The van der Waals surface area contributed by atoms with Crippen molar-refractivity contribution in [3.05, 3.63) is 84.0 Å². The Morgan fingerprint density at radius 1 is 0.600 bits per heavy atom. The monoisotopic (exact) mass is 728 g/mol. The molecule has 2 aromatic carbocycles. The van der Waals surface area contributed by atoms with Crippen molar-refractivity contribution in [2.45, 2.75) is 91.9 Å². The van der Waals surface area contributed by atoms with Crippen LogP contribution >= 0.6 is 0 Å². The van der Waals surface area contributed by atoms with E-state index in [0.29, 0.717) is 12.2 Å². The number of carboxylic acids is 4. The number of benzene rings is 2. The maximum atomic E-state index is 10.7. The SMILES string of the molecule is CCCCC(CC)C/C(=C/C(=O)[O-])C(=O)[O-].CCCCC(CC)C/C(=C/C(=O)[O-])C(=O)[O-].c1cc[c]([SnH2+4][c]2ccccc2)cc1. The van der Waals surface area contributed by atoms with Gasteiger partial charge in [0.1, 0.15) is 0 Å². The maximum absolute atomic E-state index is 10.7. The molecule has 2 atom stereocenters. The summed E-state index contributed by atoms with van der Waals surface area (Å²) in [5, 5.41) is 42.0. The number of hydrogen-bond donors (Lipinski definition) is 0. The van der Waals surface area contributed by atoms with E-state index in [0.717, 1.165) is 51.4 Å². The summed E-state index contributed by atoms with van der Waals surface area (Å²) in [6.07, 6.45) is 9.34. The van der Waals surface area contributed by atoms with Gasteiger partial charge in [-0.25, -0.2) is 0 Å². The Balaban J connectivity index is 0.000000648. The minimum absolute atomic E-state index is 0.178. The molecule has 244 valence electrons. The predicted molar refractivity (Wildman–Crippen MR) is 173 cm³/mol. The Labute approximate surface area is 278 Å². The Morgan fingerprint density at radius 2 is 0.933 bits per heavy atom. The summed E-state index contributed by atoms with van der Waals surface area (Å²) in [5.74, 6) is -5.40. The van der Waals surface area contributed by atoms with Gasteiger partial charge in [-0.15, -0.1) is 0 Å². The molecule has 0 saturated heterocycles. The van der Waals surface area contributed by atoms with Crippen molar-refractivity contribution in [3.63, 3.8) is 0 Å². The van der Waals surface area contributed by atoms with Crippen molar-refractivity contribution in [1.29, 1.82) is 0 Å². The molecule has 0 aliphatic rings. The number of carboxylic acid groups (broad SMARTS) is 4. The Hall–Kier alpha value is -3.40. The summed E-state index contributed by atoms with van der Waals surface area (Å²) in [6.45, 7) is 8.05. The normalized spacial score (nSPS) is 12.4. The van der Waals surface area contributed by atoms with E-state index in [-0.39, 0.29) is 35.8 Å². The van der Waals surface area contributed by atoms with E-state index in [1.54, 1.807) is 7.16 Å². The van der Waals surface area contributed by atoms with Crippen LogP contribution in [-0.4, -0.2) is 45.0 Å². The van der Waals surface area contributed by atoms with Crippen molar-refractivity contribution in [1.82, 2.24) is 0 Å². The van der Waals surface area contributed by atoms with Gasteiger partial charge in [0.2, 0.25) is 0 Å². The first-order chi connectivity index (χ1) is 21.5. The molecule has 4 radical (unpaired) electrons. The van der Waals surface area contributed by atoms with E-state index in [4.69, 9.17) is 0 Å². The molecule has 0 spiro atoms. The standard InChI is InChI=1S/2C12H20O4.2C6H5.Sn.2H/c2*1-3-5-6-9(4-2)7-10(12(15)16)8-11(13)14;2*1-2-4-6-5-3-1;;;/h2*8-9H,3-7H2,1-2H3,(H,13,14)(H,15,16);2*1-5H;;;/q;;;;+4;;/p-4/b2*10-8-;;;;;. The summed E-state index contributed by atoms with van der Waals surface area (Å²) in [5.41, 5.74) is -0.356. The third-order valence-electron chi connectivity index (χ3n) is 7.31. The fraction of sp³-hybridized carbons (Fsp3) is 0.444. The van der Waals surface area contributed by atoms with Crippen LogP contribution in [0.2, 0.25) is 0 Å². The van der Waals surface area contributed by atoms with Gasteiger partial charge in [-0.3, -0.25) is 0 Å². The van der Waals surface area contributed by atoms with Crippen molar-refractivity contribution in [2.75, 3.05) is 0 Å². The van der Waals surface area contributed by atoms with Crippen LogP contribution < -0.4 is 27.6 Å². The molecule has 0 fully saturated rings. The van der Waals surface area contributed by atoms with Gasteiger partial charge in [0.15, 0.2) is 0 Å². The van der Waals surface area contributed by atoms with Gasteiger partial charge in [0.25, 0.3) is 0 Å². The van der Waals surface area contributed by atoms with Crippen molar-refractivity contribution >= 4 is 52.2 Å². The molecule has 0 heterocycles. The molecular weight excluding hydrogens is 679 g/mol. The molecule has 2 unspecified atom stereocenters. The van der Waals surface area contributed by atoms with Gasteiger partial charge in [-0.1, -0.05) is 79.1 Å². The van der Waals surface area contributed by atoms with Gasteiger partial charge in [-0.05, 0) is 48.0 Å². The van der Waals surface area contributed by atoms with Crippen LogP contribution in [0.4, 0.5) is 0 Å². The Morgan fingerprint density at radius 3 is 1.18 bits per heavy atom. The topological polar surface area (TPSA) is 161 Å². The third-order valence-corrected chi connectivity index (χ3v) is 12.3. The van der Waals surface area contributed by atoms with E-state index < -0.39 is 45.0 Å². The van der Waals surface area contributed by atoms with Gasteiger partial charge in [0.05, 0.1) is 23.9 Å². The zero-order chi connectivity index (χ0) is 34.0. The molecule has 45 heavy (non-hydrogen) atoms. The molecule has 0 amide bonds. The van der Waals surface area contributed by atoms with Crippen molar-refractivity contribution in [3.8, 4) is 0 Å². The Kier molecular flexibility index (Phi) is 23.9. The van der Waals surface area contributed by atoms with Gasteiger partial charge < -0.3 is 39.6 Å². The fourth-order valence-electron chi connectivity index (χ4n) is 4.62. The molecular formula is C36H48O8Sn. The number of carbonyl (C=O) groups is 4. The second-order valence-electron chi connectivity index (χ2n) is 10.9. The van der Waals surface area contributed by atoms with Gasteiger partial charge in [0, 0.05) is 0 Å². The summed E-state index contributed by atoms with van der Waals surface area (Å²) in [4.78, 5) is 42.0. The molecule has 2 rings (SSSR count). The van der Waals surface area contributed by atoms with Crippen LogP contribution in [0.15, 0.2) is 84.0 Å². The number of unbranched alkanes of at least 4 members (excludes halogenated alkanes) is 2. The van der Waals surface area contributed by atoms with E-state index in [1.807, 2.05) is 13.8 Å². The van der Waals surface area contributed by atoms with Crippen LogP contribution in [-0.2, 0) is 19.2 Å². The average molecular weight is 727 g/mol. The molecule has 0 saturated carbocycles. The zero-order valence-corrected chi connectivity index (χ0v) is 31.2. The quantitative estimate of drug-likeness (QED) is 0.161. The predicted octanol–water partition coefficient (Wildman–Crippen LogP) is 0.844. The van der Waals surface area contributed by atoms with Crippen LogP contribution in [0.5, 0.6) is 0 Å². The first-order valence-corrected chi connectivity index (χ1v) is 19.8. The average Bonchev–Trinajstić information content (AvgIpc) is 3.01. The van der Waals surface area contributed by atoms with Crippen molar-refractivity contribution in [2.24, 2.45) is 11.8 Å². The van der Waals surface area contributed by atoms with E-state index in [9.17, 15) is 39.6 Å². The second-order valence-corrected chi connectivity index (χ2v) is 16.6. The summed E-state index contributed by atoms with van der Waals surface area (Å²) < 4.78 is 3.16. The Bertz CT molecular complexity index is 1100. The molecule has 0 aliphatic heterocycles. The summed E-state index contributed by atoms with van der Waals surface area (Å²) in [7, 11) is 0. The first-order valence-electron chi connectivity index (χ1n) is 15.8. The van der Waals surface area contributed by atoms with E-state index in [2.05, 4.69) is 74.5 Å². The summed E-state index contributed by atoms with van der Waals surface area (Å²) in [6, 6.07) is 21.7. The van der Waals surface area contributed by atoms with Crippen molar-refractivity contribution < 1.29 is 39.6 Å². The molecule has 0 aromatic heterocycles. The minimum atomic E-state index is -1.48. The zero-order valence-electron chi connectivity index (χ0n) is 27.1. The van der Waals surface area contributed by atoms with Crippen LogP contribution in [0.1, 0.15) is 91.9 Å². The number of carbonyl (C=O) groups excluding carboxylic acids is 4. The number of aliphatic carboxylic acids is 4. The molecule has 0 bridgehead atoms. The summed E-state index contributed by atoms with van der Waals surface area (Å²) >= 11 is -0.881. The fourth-order valence-corrected chi connectivity index (χ4v) is 8.87. The molecule has 0 aliphatic carbocycles. The van der Waals surface area contributed by atoms with Crippen LogP contribution in [0, 0.1) is 11.8 Å². The van der Waals surface area contributed by atoms with Gasteiger partial charge in [-0.2, -0.15) is 0 Å². The number of rotatable bonds is 18. The number of hydrogen-bond acceptors (Lipinski definition) is 8. The van der Waals surface area contributed by atoms with Crippen LogP contribution in [0.25, 0.3) is 0 Å². The van der Waals surface area contributed by atoms with E-state index >= 15 is 0 Å². The van der Waals surface area contributed by atoms with Crippen LogP contribution in [0.3, 0.4) is 0 Å². The molecule has 2 aromatic rings. The molecule has 0 N–H and O–H groups in total. The van der Waals surface area contributed by atoms with E-state index in [1.165, 1.54) is 0 Å².